The minimum absolute atomic E-state index is 0.0664. The highest BCUT2D eigenvalue weighted by molar-refractivity contribution is 6.13. The summed E-state index contributed by atoms with van der Waals surface area (Å²) in [7, 11) is 0.774. The van der Waals surface area contributed by atoms with E-state index in [1.165, 1.54) is 0 Å². The molecule has 0 saturated carbocycles. The van der Waals surface area contributed by atoms with Gasteiger partial charge in [0.1, 0.15) is 10.4 Å². The maximum Gasteiger partial charge on any atom is 0.176 e. The first-order chi connectivity index (χ1) is 2.27. The molecule has 0 spiro atoms. The van der Waals surface area contributed by atoms with Crippen molar-refractivity contribution < 1.29 is 0 Å². The molecule has 0 unspecified atom stereocenters. The molecule has 3 nitrogen and oxygen atoms in total. The Labute approximate surface area is 33.6 Å². The number of hydrogen-bond donors (Lipinski definition) is 3. The van der Waals surface area contributed by atoms with Gasteiger partial charge in [-0.25, -0.2) is 0 Å². The van der Waals surface area contributed by atoms with Crippen LogP contribution in [0.5, 0.6) is 0 Å². The van der Waals surface area contributed by atoms with Gasteiger partial charge in [-0.3, -0.25) is 5.41 Å². The zero-order valence-electron chi connectivity index (χ0n) is 3.08. The van der Waals surface area contributed by atoms with Crippen LogP contribution in [-0.4, -0.2) is 16.4 Å². The van der Waals surface area contributed by atoms with Crippen LogP contribution in [0, 0.1) is 5.41 Å². The second kappa shape index (κ2) is 1.77. The van der Waals surface area contributed by atoms with E-state index >= 15 is 0 Å². The molecule has 0 saturated heterocycles. The molecule has 0 heterocycles. The molecule has 0 fully saturated rings. The van der Waals surface area contributed by atoms with E-state index in [0.29, 0.717) is 0 Å². The molecule has 0 aliphatic carbocycles. The third-order valence-corrected chi connectivity index (χ3v) is 0.808. The highest BCUT2D eigenvalue weighted by atomic mass is 28.2. The lowest BCUT2D eigenvalue weighted by Gasteiger charge is -1.86. The number of rotatable bonds is 0. The summed E-state index contributed by atoms with van der Waals surface area (Å²) in [4.78, 5) is 2.53. The maximum atomic E-state index is 6.44. The van der Waals surface area contributed by atoms with Crippen LogP contribution >= 0.6 is 0 Å². The van der Waals surface area contributed by atoms with E-state index in [1.54, 1.807) is 0 Å². The zero-order chi connectivity index (χ0) is 4.28. The molecule has 0 aliphatic rings. The molecule has 0 radical (unpaired) electrons. The minimum Gasteiger partial charge on any atom is -0.391 e. The van der Waals surface area contributed by atoms with Crippen LogP contribution in [0.25, 0.3) is 0 Å². The summed E-state index contributed by atoms with van der Waals surface area (Å²) in [5, 5.41) is 6.44. The summed E-state index contributed by atoms with van der Waals surface area (Å²) in [6.07, 6.45) is 0. The first-order valence-electron chi connectivity index (χ1n) is 1.29. The van der Waals surface area contributed by atoms with Crippen LogP contribution in [0.4, 0.5) is 0 Å². The van der Waals surface area contributed by atoms with Crippen molar-refractivity contribution >= 4 is 16.4 Å². The lowest BCUT2D eigenvalue weighted by Crippen LogP contribution is -2.27. The molecular formula is CH7N3Si. The molecule has 0 rings (SSSR count). The molecule has 0 aromatic carbocycles. The Bertz CT molecular complexity index is 42.2. The predicted octanol–water partition coefficient (Wildman–Crippen LogP) is -2.25. The Morgan fingerprint density at radius 2 is 2.20 bits per heavy atom. The highest BCUT2D eigenvalue weighted by Gasteiger charge is 1.65. The van der Waals surface area contributed by atoms with E-state index in [1.807, 2.05) is 0 Å². The second-order valence-electron chi connectivity index (χ2n) is 0.664. The summed E-state index contributed by atoms with van der Waals surface area (Å²) < 4.78 is 0. The molecule has 5 heavy (non-hydrogen) atoms. The lowest BCUT2D eigenvalue weighted by molar-refractivity contribution is 1.31. The van der Waals surface area contributed by atoms with Crippen molar-refractivity contribution in [2.75, 3.05) is 0 Å². The average Bonchev–Trinajstić information content (AvgIpc) is 1.38. The standard InChI is InChI=1S/CH7N3Si/c2-1(3)4-5/h5H3,(H4,2,3,4). The summed E-state index contributed by atoms with van der Waals surface area (Å²) in [5.41, 5.74) is 4.80. The molecule has 0 aliphatic heterocycles. The van der Waals surface area contributed by atoms with Gasteiger partial charge in [0.05, 0.1) is 0 Å². The van der Waals surface area contributed by atoms with Gasteiger partial charge in [-0.05, 0) is 0 Å². The predicted molar refractivity (Wildman–Crippen MR) is 25.0 cm³/mol. The normalized spacial score (nSPS) is 7.20. The number of hydrogen-bond acceptors (Lipinski definition) is 1. The fraction of sp³-hybridized carbons (Fsp3) is 0. The summed E-state index contributed by atoms with van der Waals surface area (Å²) >= 11 is 0. The Kier molecular flexibility index (Phi) is 1.59. The van der Waals surface area contributed by atoms with Gasteiger partial charge in [0.25, 0.3) is 0 Å². The van der Waals surface area contributed by atoms with Crippen molar-refractivity contribution in [2.24, 2.45) is 5.73 Å². The molecule has 0 bridgehead atoms. The molecule has 4 heteroatoms. The van der Waals surface area contributed by atoms with E-state index in [4.69, 9.17) is 11.1 Å². The molecule has 0 aromatic heterocycles. The van der Waals surface area contributed by atoms with Crippen LogP contribution in [-0.2, 0) is 0 Å². The third kappa shape index (κ3) is 3.49. The second-order valence-corrected chi connectivity index (χ2v) is 1.16. The van der Waals surface area contributed by atoms with Gasteiger partial charge in [0.2, 0.25) is 0 Å². The topological polar surface area (TPSA) is 61.9 Å². The van der Waals surface area contributed by atoms with Crippen LogP contribution in [0.1, 0.15) is 0 Å². The highest BCUT2D eigenvalue weighted by Crippen LogP contribution is 1.29. The van der Waals surface area contributed by atoms with Crippen LogP contribution in [0.3, 0.4) is 0 Å². The van der Waals surface area contributed by atoms with E-state index in [0.717, 1.165) is 10.4 Å². The van der Waals surface area contributed by atoms with Gasteiger partial charge >= 0.3 is 0 Å². The van der Waals surface area contributed by atoms with Crippen molar-refractivity contribution in [1.29, 1.82) is 5.41 Å². The Balaban J connectivity index is 2.85. The fourth-order valence-corrected chi connectivity index (χ4v) is 0. The quantitative estimate of drug-likeness (QED) is 0.178. The SMILES string of the molecule is N=C(N)N[SiH3]. The van der Waals surface area contributed by atoms with Crippen LogP contribution in [0.2, 0.25) is 0 Å². The van der Waals surface area contributed by atoms with Gasteiger partial charge in [0.15, 0.2) is 5.96 Å². The monoisotopic (exact) mass is 89.0 g/mol. The molecule has 0 atom stereocenters. The Morgan fingerprint density at radius 1 is 2.00 bits per heavy atom. The first-order valence-corrected chi connectivity index (χ1v) is 2.29. The molecule has 0 amide bonds. The van der Waals surface area contributed by atoms with Crippen LogP contribution < -0.4 is 10.7 Å². The molecule has 4 N–H and O–H groups in total. The summed E-state index contributed by atoms with van der Waals surface area (Å²) in [5.74, 6) is 0.0664. The first kappa shape index (κ1) is 4.49. The van der Waals surface area contributed by atoms with Gasteiger partial charge in [0, 0.05) is 0 Å². The van der Waals surface area contributed by atoms with E-state index in [-0.39, 0.29) is 5.96 Å². The van der Waals surface area contributed by atoms with Crippen LogP contribution in [0.15, 0.2) is 0 Å². The van der Waals surface area contributed by atoms with Crippen molar-refractivity contribution in [3.05, 3.63) is 0 Å². The average molecular weight is 89.2 g/mol. The van der Waals surface area contributed by atoms with Crippen molar-refractivity contribution in [3.63, 3.8) is 0 Å². The van der Waals surface area contributed by atoms with Gasteiger partial charge in [-0.1, -0.05) is 0 Å². The molecule has 30 valence electrons. The largest absolute Gasteiger partial charge is 0.391 e. The maximum absolute atomic E-state index is 6.44. The Morgan fingerprint density at radius 3 is 2.20 bits per heavy atom. The van der Waals surface area contributed by atoms with Crippen molar-refractivity contribution in [2.45, 2.75) is 0 Å². The molecule has 0 aromatic rings. The number of nitrogens with two attached hydrogens (primary N) is 1. The van der Waals surface area contributed by atoms with E-state index in [9.17, 15) is 0 Å². The lowest BCUT2D eigenvalue weighted by atomic mass is 11.1. The smallest absolute Gasteiger partial charge is 0.176 e. The van der Waals surface area contributed by atoms with E-state index < -0.39 is 0 Å². The number of guanidine groups is 1. The zero-order valence-corrected chi connectivity index (χ0v) is 5.08. The van der Waals surface area contributed by atoms with Crippen molar-refractivity contribution in [3.8, 4) is 0 Å². The minimum atomic E-state index is 0.0664. The van der Waals surface area contributed by atoms with Gasteiger partial charge < -0.3 is 10.7 Å². The third-order valence-electron chi connectivity index (χ3n) is 0.269. The van der Waals surface area contributed by atoms with E-state index in [2.05, 4.69) is 4.98 Å². The summed E-state index contributed by atoms with van der Waals surface area (Å²) in [6.45, 7) is 0. The van der Waals surface area contributed by atoms with Gasteiger partial charge in [-0.2, -0.15) is 0 Å². The fourth-order valence-electron chi connectivity index (χ4n) is 0. The Hall–Kier alpha value is -0.513. The molecular weight excluding hydrogens is 82.1 g/mol. The van der Waals surface area contributed by atoms with Gasteiger partial charge in [-0.15, -0.1) is 0 Å². The summed E-state index contributed by atoms with van der Waals surface area (Å²) in [6, 6.07) is 0. The van der Waals surface area contributed by atoms with Crippen molar-refractivity contribution in [1.82, 2.24) is 4.98 Å². The number of nitrogens with one attached hydrogen (secondary N) is 2.